The van der Waals surface area contributed by atoms with Gasteiger partial charge in [-0.25, -0.2) is 9.59 Å². The first-order valence-corrected chi connectivity index (χ1v) is 8.22. The van der Waals surface area contributed by atoms with Crippen molar-refractivity contribution in [2.45, 2.75) is 32.1 Å². The highest BCUT2D eigenvalue weighted by atomic mass is 16.4. The quantitative estimate of drug-likeness (QED) is 0.880. The zero-order valence-electron chi connectivity index (χ0n) is 13.3. The number of benzene rings is 1. The minimum atomic E-state index is -0.397. The maximum atomic E-state index is 12.5. The number of carbonyl (C=O) groups is 1. The minimum Gasteiger partial charge on any atom is -0.408 e. The van der Waals surface area contributed by atoms with E-state index in [0.29, 0.717) is 16.7 Å². The summed E-state index contributed by atoms with van der Waals surface area (Å²) in [5.41, 5.74) is 2.24. The average molecular weight is 315 g/mol. The van der Waals surface area contributed by atoms with E-state index in [1.54, 1.807) is 25.2 Å². The minimum absolute atomic E-state index is 0.0635. The summed E-state index contributed by atoms with van der Waals surface area (Å²) >= 11 is 0. The molecule has 2 heterocycles. The van der Waals surface area contributed by atoms with Gasteiger partial charge in [0, 0.05) is 31.9 Å². The van der Waals surface area contributed by atoms with Crippen LogP contribution in [0.1, 0.15) is 32.1 Å². The van der Waals surface area contributed by atoms with Crippen molar-refractivity contribution in [3.63, 3.8) is 0 Å². The van der Waals surface area contributed by atoms with Gasteiger partial charge in [-0.1, -0.05) is 12.8 Å². The van der Waals surface area contributed by atoms with Crippen LogP contribution in [0.3, 0.4) is 0 Å². The Morgan fingerprint density at radius 3 is 2.83 bits per heavy atom. The van der Waals surface area contributed by atoms with Crippen molar-refractivity contribution in [1.29, 1.82) is 0 Å². The summed E-state index contributed by atoms with van der Waals surface area (Å²) < 4.78 is 6.61. The van der Waals surface area contributed by atoms with E-state index < -0.39 is 5.76 Å². The number of hydrogen-bond acceptors (Lipinski definition) is 3. The molecule has 0 unspecified atom stereocenters. The van der Waals surface area contributed by atoms with Gasteiger partial charge in [0.1, 0.15) is 0 Å². The van der Waals surface area contributed by atoms with Crippen LogP contribution in [0.2, 0.25) is 0 Å². The zero-order chi connectivity index (χ0) is 16.0. The molecular weight excluding hydrogens is 294 g/mol. The third kappa shape index (κ3) is 2.42. The molecule has 4 rings (SSSR count). The van der Waals surface area contributed by atoms with Crippen molar-refractivity contribution in [2.75, 3.05) is 18.4 Å². The van der Waals surface area contributed by atoms with Crippen LogP contribution >= 0.6 is 0 Å². The van der Waals surface area contributed by atoms with Crippen LogP contribution in [0.4, 0.5) is 10.5 Å². The van der Waals surface area contributed by atoms with Gasteiger partial charge in [-0.2, -0.15) is 0 Å². The Labute approximate surface area is 134 Å². The van der Waals surface area contributed by atoms with Gasteiger partial charge >= 0.3 is 11.8 Å². The fraction of sp³-hybridized carbons (Fsp3) is 0.529. The molecule has 2 aromatic rings. The summed E-state index contributed by atoms with van der Waals surface area (Å²) in [6.45, 7) is 1.69. The number of fused-ring (bicyclic) bond motifs is 1. The molecule has 6 nitrogen and oxygen atoms in total. The third-order valence-corrected chi connectivity index (χ3v) is 5.43. The first kappa shape index (κ1) is 14.4. The van der Waals surface area contributed by atoms with Crippen molar-refractivity contribution in [2.24, 2.45) is 12.5 Å². The SMILES string of the molecule is Cn1c(=O)oc2cc(NC(=O)N3CCC4(CCCC4)C3)ccc21. The molecule has 23 heavy (non-hydrogen) atoms. The standard InChI is InChI=1S/C17H21N3O3/c1-19-13-5-4-12(10-14(13)23-16(19)22)18-15(21)20-9-8-17(11-20)6-2-3-7-17/h4-5,10H,2-3,6-9,11H2,1H3,(H,18,21). The summed E-state index contributed by atoms with van der Waals surface area (Å²) in [6.07, 6.45) is 6.20. The second-order valence-corrected chi connectivity index (χ2v) is 6.92. The molecule has 0 bridgehead atoms. The van der Waals surface area contributed by atoms with Crippen molar-refractivity contribution in [3.05, 3.63) is 28.7 Å². The summed E-state index contributed by atoms with van der Waals surface area (Å²) in [5, 5.41) is 2.93. The predicted octanol–water partition coefficient (Wildman–Crippen LogP) is 2.93. The molecule has 122 valence electrons. The number of nitrogens with zero attached hydrogens (tertiary/aromatic N) is 2. The molecule has 0 radical (unpaired) electrons. The topological polar surface area (TPSA) is 67.5 Å². The van der Waals surface area contributed by atoms with Crippen molar-refractivity contribution < 1.29 is 9.21 Å². The molecule has 1 aliphatic carbocycles. The Bertz CT molecular complexity index is 814. The zero-order valence-corrected chi connectivity index (χ0v) is 13.3. The number of likely N-dealkylation sites (tertiary alicyclic amines) is 1. The number of hydrogen-bond donors (Lipinski definition) is 1. The van der Waals surface area contributed by atoms with Gasteiger partial charge in [0.15, 0.2) is 5.58 Å². The van der Waals surface area contributed by atoms with E-state index in [0.717, 1.165) is 25.0 Å². The molecular formula is C17H21N3O3. The highest BCUT2D eigenvalue weighted by Crippen LogP contribution is 2.45. The van der Waals surface area contributed by atoms with Crippen LogP contribution in [0.15, 0.2) is 27.4 Å². The van der Waals surface area contributed by atoms with Crippen molar-refractivity contribution >= 4 is 22.8 Å². The van der Waals surface area contributed by atoms with Crippen LogP contribution in [0.5, 0.6) is 0 Å². The lowest BCUT2D eigenvalue weighted by Gasteiger charge is -2.23. The average Bonchev–Trinajstić information content (AvgIpc) is 3.23. The normalized spacial score (nSPS) is 19.8. The van der Waals surface area contributed by atoms with E-state index in [4.69, 9.17) is 4.42 Å². The number of anilines is 1. The highest BCUT2D eigenvalue weighted by Gasteiger charge is 2.41. The molecule has 1 saturated carbocycles. The fourth-order valence-electron chi connectivity index (χ4n) is 4.06. The lowest BCUT2D eigenvalue weighted by atomic mass is 9.86. The Balaban J connectivity index is 1.49. The molecule has 1 aromatic heterocycles. The Hall–Kier alpha value is -2.24. The molecule has 1 saturated heterocycles. The fourth-order valence-corrected chi connectivity index (χ4v) is 4.06. The summed E-state index contributed by atoms with van der Waals surface area (Å²) in [7, 11) is 1.66. The molecule has 1 aliphatic heterocycles. The molecule has 2 fully saturated rings. The van der Waals surface area contributed by atoms with Crippen LogP contribution < -0.4 is 11.1 Å². The number of aromatic nitrogens is 1. The van der Waals surface area contributed by atoms with Gasteiger partial charge in [0.2, 0.25) is 0 Å². The molecule has 0 atom stereocenters. The van der Waals surface area contributed by atoms with Gasteiger partial charge in [-0.05, 0) is 36.8 Å². The smallest absolute Gasteiger partial charge is 0.408 e. The monoisotopic (exact) mass is 315 g/mol. The Kier molecular flexibility index (Phi) is 3.21. The Morgan fingerprint density at radius 1 is 1.26 bits per heavy atom. The van der Waals surface area contributed by atoms with Gasteiger partial charge in [-0.15, -0.1) is 0 Å². The molecule has 2 amide bonds. The van der Waals surface area contributed by atoms with E-state index in [1.807, 2.05) is 4.90 Å². The first-order chi connectivity index (χ1) is 11.1. The number of urea groups is 1. The predicted molar refractivity (Wildman–Crippen MR) is 87.6 cm³/mol. The van der Waals surface area contributed by atoms with E-state index >= 15 is 0 Å². The van der Waals surface area contributed by atoms with E-state index in [-0.39, 0.29) is 6.03 Å². The van der Waals surface area contributed by atoms with Crippen LogP contribution in [0, 0.1) is 5.41 Å². The van der Waals surface area contributed by atoms with Gasteiger partial charge in [0.25, 0.3) is 0 Å². The van der Waals surface area contributed by atoms with Gasteiger partial charge in [0.05, 0.1) is 5.52 Å². The highest BCUT2D eigenvalue weighted by molar-refractivity contribution is 5.91. The lowest BCUT2D eigenvalue weighted by Crippen LogP contribution is -2.34. The second kappa shape index (κ2) is 5.15. The van der Waals surface area contributed by atoms with Crippen LogP contribution in [-0.4, -0.2) is 28.6 Å². The van der Waals surface area contributed by atoms with E-state index in [9.17, 15) is 9.59 Å². The number of nitrogens with one attached hydrogen (secondary N) is 1. The van der Waals surface area contributed by atoms with Gasteiger partial charge in [-0.3, -0.25) is 4.57 Å². The summed E-state index contributed by atoms with van der Waals surface area (Å²) in [6, 6.07) is 5.23. The summed E-state index contributed by atoms with van der Waals surface area (Å²) in [4.78, 5) is 25.9. The van der Waals surface area contributed by atoms with Crippen LogP contribution in [-0.2, 0) is 7.05 Å². The summed E-state index contributed by atoms with van der Waals surface area (Å²) in [5.74, 6) is -0.397. The molecule has 1 aromatic carbocycles. The number of carbonyl (C=O) groups excluding carboxylic acids is 1. The van der Waals surface area contributed by atoms with Gasteiger partial charge < -0.3 is 14.6 Å². The lowest BCUT2D eigenvalue weighted by molar-refractivity contribution is 0.213. The Morgan fingerprint density at radius 2 is 2.04 bits per heavy atom. The third-order valence-electron chi connectivity index (χ3n) is 5.43. The van der Waals surface area contributed by atoms with E-state index in [1.165, 1.54) is 30.3 Å². The number of aryl methyl sites for hydroxylation is 1. The molecule has 6 heteroatoms. The number of oxazole rings is 1. The molecule has 1 N–H and O–H groups in total. The van der Waals surface area contributed by atoms with Crippen molar-refractivity contribution in [1.82, 2.24) is 9.47 Å². The second-order valence-electron chi connectivity index (χ2n) is 6.92. The number of rotatable bonds is 1. The number of amides is 2. The van der Waals surface area contributed by atoms with Crippen LogP contribution in [0.25, 0.3) is 11.1 Å². The maximum Gasteiger partial charge on any atom is 0.419 e. The maximum absolute atomic E-state index is 12.5. The molecule has 1 spiro atoms. The molecule has 2 aliphatic rings. The first-order valence-electron chi connectivity index (χ1n) is 8.22. The largest absolute Gasteiger partial charge is 0.419 e. The van der Waals surface area contributed by atoms with Crippen molar-refractivity contribution in [3.8, 4) is 0 Å². The van der Waals surface area contributed by atoms with E-state index in [2.05, 4.69) is 5.32 Å².